The number of benzene rings is 1. The average Bonchev–Trinajstić information content (AvgIpc) is 3.06. The topological polar surface area (TPSA) is 66.4 Å². The molecule has 2 N–H and O–H groups in total. The summed E-state index contributed by atoms with van der Waals surface area (Å²) in [5.74, 6) is -1.28. The first-order valence-electron chi connectivity index (χ1n) is 7.76. The zero-order chi connectivity index (χ0) is 14.8. The van der Waals surface area contributed by atoms with Crippen LogP contribution in [0.4, 0.5) is 0 Å². The van der Waals surface area contributed by atoms with Gasteiger partial charge in [-0.25, -0.2) is 0 Å². The highest BCUT2D eigenvalue weighted by Gasteiger charge is 2.33. The molecule has 3 rings (SSSR count). The number of hydrogen-bond donors (Lipinski definition) is 2. The van der Waals surface area contributed by atoms with Gasteiger partial charge in [0.1, 0.15) is 0 Å². The number of hydrogen-bond acceptors (Lipinski definition) is 2. The fraction of sp³-hybridized carbons (Fsp3) is 0.529. The monoisotopic (exact) mass is 287 g/mol. The molecular weight excluding hydrogens is 266 g/mol. The Morgan fingerprint density at radius 1 is 1.14 bits per heavy atom. The van der Waals surface area contributed by atoms with E-state index in [2.05, 4.69) is 17.4 Å². The lowest BCUT2D eigenvalue weighted by Gasteiger charge is -2.17. The third-order valence-electron chi connectivity index (χ3n) is 4.71. The average molecular weight is 287 g/mol. The summed E-state index contributed by atoms with van der Waals surface area (Å²) in [5, 5.41) is 12.0. The van der Waals surface area contributed by atoms with Crippen LogP contribution in [-0.2, 0) is 28.9 Å². The van der Waals surface area contributed by atoms with E-state index >= 15 is 0 Å². The maximum atomic E-state index is 12.1. The lowest BCUT2D eigenvalue weighted by atomic mass is 10.0. The number of carbonyl (C=O) groups is 2. The molecule has 4 nitrogen and oxygen atoms in total. The van der Waals surface area contributed by atoms with E-state index in [9.17, 15) is 9.59 Å². The number of aryl methyl sites for hydroxylation is 2. The van der Waals surface area contributed by atoms with Crippen molar-refractivity contribution in [1.82, 2.24) is 5.32 Å². The van der Waals surface area contributed by atoms with Gasteiger partial charge >= 0.3 is 5.97 Å². The van der Waals surface area contributed by atoms with E-state index in [0.29, 0.717) is 12.8 Å². The van der Waals surface area contributed by atoms with Crippen molar-refractivity contribution >= 4 is 11.9 Å². The minimum Gasteiger partial charge on any atom is -0.481 e. The molecule has 0 spiro atoms. The van der Waals surface area contributed by atoms with Crippen molar-refractivity contribution in [2.24, 2.45) is 5.92 Å². The highest BCUT2D eigenvalue weighted by Crippen LogP contribution is 2.26. The first-order valence-corrected chi connectivity index (χ1v) is 7.76. The summed E-state index contributed by atoms with van der Waals surface area (Å²) in [4.78, 5) is 23.3. The predicted octanol–water partition coefficient (Wildman–Crippen LogP) is 2.09. The molecule has 4 heteroatoms. The van der Waals surface area contributed by atoms with Gasteiger partial charge < -0.3 is 10.4 Å². The Hall–Kier alpha value is -1.84. The van der Waals surface area contributed by atoms with Gasteiger partial charge in [-0.2, -0.15) is 0 Å². The van der Waals surface area contributed by atoms with Crippen LogP contribution in [0.3, 0.4) is 0 Å². The molecule has 1 amide bonds. The zero-order valence-corrected chi connectivity index (χ0v) is 12.1. The van der Waals surface area contributed by atoms with Crippen molar-refractivity contribution in [3.05, 3.63) is 34.9 Å². The summed E-state index contributed by atoms with van der Waals surface area (Å²) in [6.07, 6.45) is 6.11. The molecule has 0 bridgehead atoms. The Morgan fingerprint density at radius 3 is 2.76 bits per heavy atom. The largest absolute Gasteiger partial charge is 0.481 e. The van der Waals surface area contributed by atoms with E-state index in [1.54, 1.807) is 0 Å². The number of carboxylic acids is 1. The van der Waals surface area contributed by atoms with E-state index in [1.807, 2.05) is 6.07 Å². The lowest BCUT2D eigenvalue weighted by Crippen LogP contribution is -2.40. The molecule has 0 radical (unpaired) electrons. The van der Waals surface area contributed by atoms with E-state index in [4.69, 9.17) is 5.11 Å². The molecule has 1 fully saturated rings. The lowest BCUT2D eigenvalue weighted by molar-refractivity contribution is -0.142. The second-order valence-corrected chi connectivity index (χ2v) is 6.18. The quantitative estimate of drug-likeness (QED) is 0.891. The molecule has 1 aromatic rings. The van der Waals surface area contributed by atoms with Crippen LogP contribution in [0, 0.1) is 5.92 Å². The fourth-order valence-corrected chi connectivity index (χ4v) is 3.61. The molecular formula is C17H21NO3. The molecule has 2 atom stereocenters. The van der Waals surface area contributed by atoms with E-state index in [1.165, 1.54) is 17.5 Å². The normalized spacial score (nSPS) is 23.8. The van der Waals surface area contributed by atoms with Crippen molar-refractivity contribution in [2.75, 3.05) is 0 Å². The highest BCUT2D eigenvalue weighted by molar-refractivity contribution is 5.80. The van der Waals surface area contributed by atoms with Gasteiger partial charge in [0.15, 0.2) is 0 Å². The number of aliphatic carboxylic acids is 1. The van der Waals surface area contributed by atoms with Gasteiger partial charge in [-0.15, -0.1) is 0 Å². The summed E-state index contributed by atoms with van der Waals surface area (Å²) in [7, 11) is 0. The first-order chi connectivity index (χ1) is 10.1. The van der Waals surface area contributed by atoms with Crippen molar-refractivity contribution in [2.45, 2.75) is 51.0 Å². The van der Waals surface area contributed by atoms with Gasteiger partial charge in [-0.1, -0.05) is 24.6 Å². The number of fused-ring (bicyclic) bond motifs is 1. The van der Waals surface area contributed by atoms with Crippen molar-refractivity contribution in [3.63, 3.8) is 0 Å². The van der Waals surface area contributed by atoms with Crippen molar-refractivity contribution in [3.8, 4) is 0 Å². The van der Waals surface area contributed by atoms with E-state index < -0.39 is 11.9 Å². The van der Waals surface area contributed by atoms with E-state index in [-0.39, 0.29) is 11.9 Å². The molecule has 0 aromatic heterocycles. The molecule has 0 aliphatic heterocycles. The summed E-state index contributed by atoms with van der Waals surface area (Å²) >= 11 is 0. The van der Waals surface area contributed by atoms with Gasteiger partial charge in [0.05, 0.1) is 12.3 Å². The fourth-order valence-electron chi connectivity index (χ4n) is 3.61. The van der Waals surface area contributed by atoms with Crippen LogP contribution in [0.1, 0.15) is 42.4 Å². The minimum atomic E-state index is -0.796. The Bertz CT molecular complexity index is 567. The summed E-state index contributed by atoms with van der Waals surface area (Å²) in [6, 6.07) is 6.07. The van der Waals surface area contributed by atoms with Crippen molar-refractivity contribution < 1.29 is 14.7 Å². The van der Waals surface area contributed by atoms with Crippen LogP contribution in [0.15, 0.2) is 18.2 Å². The van der Waals surface area contributed by atoms with E-state index in [0.717, 1.165) is 31.2 Å². The van der Waals surface area contributed by atoms with Crippen LogP contribution in [0.5, 0.6) is 0 Å². The van der Waals surface area contributed by atoms with Gasteiger partial charge in [0.25, 0.3) is 0 Å². The number of carboxylic acid groups (broad SMARTS) is 1. The Balaban J connectivity index is 1.60. The van der Waals surface area contributed by atoms with Crippen molar-refractivity contribution in [1.29, 1.82) is 0 Å². The predicted molar refractivity (Wildman–Crippen MR) is 79.1 cm³/mol. The van der Waals surface area contributed by atoms with Gasteiger partial charge in [0, 0.05) is 6.04 Å². The van der Waals surface area contributed by atoms with Crippen LogP contribution in [0.2, 0.25) is 0 Å². The molecule has 2 aliphatic carbocycles. The molecule has 1 aromatic carbocycles. The van der Waals surface area contributed by atoms with Gasteiger partial charge in [-0.05, 0) is 48.8 Å². The van der Waals surface area contributed by atoms with Crippen LogP contribution < -0.4 is 5.32 Å². The smallest absolute Gasteiger partial charge is 0.308 e. The highest BCUT2D eigenvalue weighted by atomic mass is 16.4. The number of amides is 1. The third kappa shape index (κ3) is 3.09. The van der Waals surface area contributed by atoms with Gasteiger partial charge in [-0.3, -0.25) is 9.59 Å². The first kappa shape index (κ1) is 14.1. The van der Waals surface area contributed by atoms with Crippen LogP contribution >= 0.6 is 0 Å². The molecule has 21 heavy (non-hydrogen) atoms. The Kier molecular flexibility index (Phi) is 3.95. The number of carbonyl (C=O) groups excluding carboxylic acids is 1. The summed E-state index contributed by atoms with van der Waals surface area (Å²) < 4.78 is 0. The molecule has 2 aliphatic rings. The van der Waals surface area contributed by atoms with Crippen LogP contribution in [-0.4, -0.2) is 23.0 Å². The molecule has 1 saturated carbocycles. The SMILES string of the molecule is O=C(Cc1ccc2c(c1)CCC2)NC1CCCC1C(=O)O. The zero-order valence-electron chi connectivity index (χ0n) is 12.1. The molecule has 0 saturated heterocycles. The summed E-state index contributed by atoms with van der Waals surface area (Å²) in [6.45, 7) is 0. The second-order valence-electron chi connectivity index (χ2n) is 6.18. The second kappa shape index (κ2) is 5.88. The van der Waals surface area contributed by atoms with Gasteiger partial charge in [0.2, 0.25) is 5.91 Å². The maximum absolute atomic E-state index is 12.1. The molecule has 0 heterocycles. The Morgan fingerprint density at radius 2 is 1.95 bits per heavy atom. The standard InChI is InChI=1S/C17H21NO3/c19-16(18-15-6-2-5-14(15)17(20)21)10-11-7-8-12-3-1-4-13(12)9-11/h7-9,14-15H,1-6,10H2,(H,18,19)(H,20,21). The summed E-state index contributed by atoms with van der Waals surface area (Å²) in [5.41, 5.74) is 3.79. The molecule has 112 valence electrons. The maximum Gasteiger partial charge on any atom is 0.308 e. The third-order valence-corrected chi connectivity index (χ3v) is 4.71. The Labute approximate surface area is 124 Å². The molecule has 2 unspecified atom stereocenters. The number of nitrogens with one attached hydrogen (secondary N) is 1. The number of rotatable bonds is 4. The minimum absolute atomic E-state index is 0.0638. The van der Waals surface area contributed by atoms with Crippen LogP contribution in [0.25, 0.3) is 0 Å².